The zero-order valence-electron chi connectivity index (χ0n) is 17.2. The molecule has 0 aliphatic carbocycles. The van der Waals surface area contributed by atoms with Crippen molar-refractivity contribution in [1.29, 1.82) is 0 Å². The molecule has 0 unspecified atom stereocenters. The number of nitrogens with zero attached hydrogens (tertiary/aromatic N) is 2. The van der Waals surface area contributed by atoms with Crippen molar-refractivity contribution in [3.63, 3.8) is 0 Å². The summed E-state index contributed by atoms with van der Waals surface area (Å²) in [4.78, 5) is 17.0. The van der Waals surface area contributed by atoms with Gasteiger partial charge in [0.05, 0.1) is 6.42 Å². The molecule has 2 aliphatic heterocycles. The summed E-state index contributed by atoms with van der Waals surface area (Å²) in [5, 5.41) is 0. The monoisotopic (exact) mass is 394 g/mol. The van der Waals surface area contributed by atoms with Gasteiger partial charge in [0.1, 0.15) is 5.82 Å². The maximum Gasteiger partial charge on any atom is 0.226 e. The largest absolute Gasteiger partial charge is 0.342 e. The Balaban J connectivity index is 1.22. The van der Waals surface area contributed by atoms with Crippen molar-refractivity contribution in [2.75, 3.05) is 26.2 Å². The van der Waals surface area contributed by atoms with E-state index in [4.69, 9.17) is 0 Å². The van der Waals surface area contributed by atoms with Crippen LogP contribution < -0.4 is 0 Å². The van der Waals surface area contributed by atoms with Gasteiger partial charge in [-0.05, 0) is 79.9 Å². The second kappa shape index (κ2) is 9.53. The number of rotatable bonds is 6. The topological polar surface area (TPSA) is 23.6 Å². The smallest absolute Gasteiger partial charge is 0.226 e. The second-order valence-electron chi connectivity index (χ2n) is 8.63. The van der Waals surface area contributed by atoms with Crippen molar-refractivity contribution >= 4 is 5.91 Å². The van der Waals surface area contributed by atoms with Crippen LogP contribution in [-0.4, -0.2) is 41.9 Å². The predicted octanol–water partition coefficient (Wildman–Crippen LogP) is 4.45. The third-order valence-corrected chi connectivity index (χ3v) is 6.36. The Hall–Kier alpha value is -2.20. The first kappa shape index (κ1) is 20.1. The Morgan fingerprint density at radius 1 is 0.897 bits per heavy atom. The van der Waals surface area contributed by atoms with Gasteiger partial charge >= 0.3 is 0 Å². The number of amides is 1. The van der Waals surface area contributed by atoms with E-state index in [0.717, 1.165) is 44.5 Å². The Labute approximate surface area is 173 Å². The summed E-state index contributed by atoms with van der Waals surface area (Å²) < 4.78 is 13.3. The highest BCUT2D eigenvalue weighted by Crippen LogP contribution is 2.23. The maximum atomic E-state index is 13.3. The van der Waals surface area contributed by atoms with Crippen LogP contribution >= 0.6 is 0 Å². The molecule has 0 radical (unpaired) electrons. The number of piperidine rings is 1. The highest BCUT2D eigenvalue weighted by molar-refractivity contribution is 5.78. The molecule has 2 fully saturated rings. The maximum absolute atomic E-state index is 13.3. The number of benzene rings is 2. The van der Waals surface area contributed by atoms with E-state index >= 15 is 0 Å². The number of hydrogen-bond donors (Lipinski definition) is 0. The van der Waals surface area contributed by atoms with E-state index in [2.05, 4.69) is 29.2 Å². The fourth-order valence-corrected chi connectivity index (χ4v) is 4.63. The predicted molar refractivity (Wildman–Crippen MR) is 114 cm³/mol. The summed E-state index contributed by atoms with van der Waals surface area (Å²) in [5.74, 6) is 0.471. The minimum absolute atomic E-state index is 0.111. The minimum Gasteiger partial charge on any atom is -0.342 e. The summed E-state index contributed by atoms with van der Waals surface area (Å²) in [6.07, 6.45) is 6.15. The molecule has 2 aliphatic rings. The average Bonchev–Trinajstić information content (AvgIpc) is 3.23. The zero-order chi connectivity index (χ0) is 20.1. The summed E-state index contributed by atoms with van der Waals surface area (Å²) in [5.41, 5.74) is 3.57. The van der Waals surface area contributed by atoms with E-state index in [0.29, 0.717) is 12.3 Å². The van der Waals surface area contributed by atoms with Gasteiger partial charge in [0, 0.05) is 19.6 Å². The summed E-state index contributed by atoms with van der Waals surface area (Å²) in [6.45, 7) is 5.17. The van der Waals surface area contributed by atoms with Crippen LogP contribution in [0.25, 0.3) is 0 Å². The van der Waals surface area contributed by atoms with Gasteiger partial charge in [-0.15, -0.1) is 0 Å². The van der Waals surface area contributed by atoms with Gasteiger partial charge in [-0.25, -0.2) is 4.39 Å². The third-order valence-electron chi connectivity index (χ3n) is 6.36. The lowest BCUT2D eigenvalue weighted by molar-refractivity contribution is -0.131. The number of halogens is 1. The fourth-order valence-electron chi connectivity index (χ4n) is 4.63. The molecule has 29 heavy (non-hydrogen) atoms. The van der Waals surface area contributed by atoms with E-state index in [9.17, 15) is 9.18 Å². The quantitative estimate of drug-likeness (QED) is 0.723. The van der Waals surface area contributed by atoms with Crippen LogP contribution in [0.5, 0.6) is 0 Å². The molecule has 3 nitrogen and oxygen atoms in total. The molecule has 0 aromatic heterocycles. The molecule has 0 N–H and O–H groups in total. The van der Waals surface area contributed by atoms with E-state index in [-0.39, 0.29) is 11.7 Å². The van der Waals surface area contributed by atoms with Crippen LogP contribution in [0.1, 0.15) is 42.4 Å². The summed E-state index contributed by atoms with van der Waals surface area (Å²) in [6, 6.07) is 15.5. The average molecular weight is 395 g/mol. The molecule has 2 aromatic carbocycles. The van der Waals surface area contributed by atoms with Crippen LogP contribution in [0, 0.1) is 11.7 Å². The van der Waals surface area contributed by atoms with E-state index in [1.165, 1.54) is 49.2 Å². The lowest BCUT2D eigenvalue weighted by Gasteiger charge is -2.32. The van der Waals surface area contributed by atoms with E-state index < -0.39 is 0 Å². The highest BCUT2D eigenvalue weighted by Gasteiger charge is 2.23. The van der Waals surface area contributed by atoms with Gasteiger partial charge < -0.3 is 4.90 Å². The number of hydrogen-bond acceptors (Lipinski definition) is 2. The first-order chi connectivity index (χ1) is 14.2. The molecule has 2 aromatic rings. The van der Waals surface area contributed by atoms with Crippen molar-refractivity contribution in [2.24, 2.45) is 5.92 Å². The Kier molecular flexibility index (Phi) is 6.60. The normalized spacial score (nSPS) is 18.3. The molecule has 4 heteroatoms. The first-order valence-corrected chi connectivity index (χ1v) is 11.0. The van der Waals surface area contributed by atoms with Gasteiger partial charge in [0.2, 0.25) is 5.91 Å². The summed E-state index contributed by atoms with van der Waals surface area (Å²) >= 11 is 0. The Bertz CT molecular complexity index is 806. The lowest BCUT2D eigenvalue weighted by Crippen LogP contribution is -2.39. The van der Waals surface area contributed by atoms with Gasteiger partial charge in [-0.3, -0.25) is 9.69 Å². The van der Waals surface area contributed by atoms with Crippen LogP contribution in [0.15, 0.2) is 48.5 Å². The van der Waals surface area contributed by atoms with Gasteiger partial charge in [0.25, 0.3) is 0 Å². The number of likely N-dealkylation sites (tertiary alicyclic amines) is 2. The third kappa shape index (κ3) is 5.66. The summed E-state index contributed by atoms with van der Waals surface area (Å²) in [7, 11) is 0. The minimum atomic E-state index is -0.277. The molecule has 1 amide bonds. The van der Waals surface area contributed by atoms with Crippen molar-refractivity contribution < 1.29 is 9.18 Å². The van der Waals surface area contributed by atoms with Crippen molar-refractivity contribution in [2.45, 2.75) is 45.1 Å². The SMILES string of the molecule is O=C(Cc1cccc(F)c1)N1CCC(Cc2ccc(CN3CCCC3)cc2)CC1. The fraction of sp³-hybridized carbons (Fsp3) is 0.480. The molecular formula is C25H31FN2O. The molecule has 0 saturated carbocycles. The molecule has 0 spiro atoms. The van der Waals surface area contributed by atoms with Crippen LogP contribution in [-0.2, 0) is 24.2 Å². The molecular weight excluding hydrogens is 363 g/mol. The second-order valence-corrected chi connectivity index (χ2v) is 8.63. The highest BCUT2D eigenvalue weighted by atomic mass is 19.1. The molecule has 2 heterocycles. The van der Waals surface area contributed by atoms with Crippen LogP contribution in [0.3, 0.4) is 0 Å². The number of carbonyl (C=O) groups excluding carboxylic acids is 1. The van der Waals surface area contributed by atoms with Crippen LogP contribution in [0.2, 0.25) is 0 Å². The molecule has 4 rings (SSSR count). The zero-order valence-corrected chi connectivity index (χ0v) is 17.2. The van der Waals surface area contributed by atoms with Crippen molar-refractivity contribution in [1.82, 2.24) is 9.80 Å². The van der Waals surface area contributed by atoms with Gasteiger partial charge in [-0.2, -0.15) is 0 Å². The standard InChI is InChI=1S/C25H31FN2O/c26-24-5-3-4-23(17-24)18-25(29)28-14-10-21(11-15-28)16-20-6-8-22(9-7-20)19-27-12-1-2-13-27/h3-9,17,21H,1-2,10-16,18-19H2. The van der Waals surface area contributed by atoms with E-state index in [1.54, 1.807) is 6.07 Å². The molecule has 154 valence electrons. The van der Waals surface area contributed by atoms with Crippen molar-refractivity contribution in [3.8, 4) is 0 Å². The Morgan fingerprint density at radius 2 is 1.59 bits per heavy atom. The lowest BCUT2D eigenvalue weighted by atomic mass is 9.89. The van der Waals surface area contributed by atoms with Crippen molar-refractivity contribution in [3.05, 3.63) is 71.0 Å². The van der Waals surface area contributed by atoms with Gasteiger partial charge in [-0.1, -0.05) is 36.4 Å². The molecule has 0 bridgehead atoms. The van der Waals surface area contributed by atoms with E-state index in [1.807, 2.05) is 11.0 Å². The molecule has 0 atom stereocenters. The van der Waals surface area contributed by atoms with Crippen LogP contribution in [0.4, 0.5) is 4.39 Å². The Morgan fingerprint density at radius 3 is 2.28 bits per heavy atom. The molecule has 2 saturated heterocycles. The van der Waals surface area contributed by atoms with Gasteiger partial charge in [0.15, 0.2) is 0 Å². The number of carbonyl (C=O) groups is 1. The first-order valence-electron chi connectivity index (χ1n) is 11.0.